The lowest BCUT2D eigenvalue weighted by atomic mass is 10.0. The number of hydrogen-bond acceptors (Lipinski definition) is 2. The van der Waals surface area contributed by atoms with Crippen molar-refractivity contribution in [2.24, 2.45) is 5.92 Å². The van der Waals surface area contributed by atoms with Crippen molar-refractivity contribution in [3.63, 3.8) is 0 Å². The number of anilines is 1. The highest BCUT2D eigenvalue weighted by molar-refractivity contribution is 6.31. The van der Waals surface area contributed by atoms with Crippen molar-refractivity contribution in [3.05, 3.63) is 23.0 Å². The number of imidazole rings is 1. The highest BCUT2D eigenvalue weighted by Gasteiger charge is 2.20. The first-order valence-electron chi connectivity index (χ1n) is 6.08. The van der Waals surface area contributed by atoms with Crippen LogP contribution in [0.1, 0.15) is 33.2 Å². The van der Waals surface area contributed by atoms with E-state index < -0.39 is 5.82 Å². The maximum atomic E-state index is 13.4. The Morgan fingerprint density at radius 1 is 1.44 bits per heavy atom. The molecule has 5 heteroatoms. The molecule has 18 heavy (non-hydrogen) atoms. The maximum absolute atomic E-state index is 13.4. The third-order valence-corrected chi connectivity index (χ3v) is 3.57. The Hall–Kier alpha value is -1.29. The minimum Gasteiger partial charge on any atom is -0.369 e. The summed E-state index contributed by atoms with van der Waals surface area (Å²) in [6.07, 6.45) is 0.933. The molecule has 0 aliphatic rings. The Labute approximate surface area is 111 Å². The molecule has 0 amide bonds. The van der Waals surface area contributed by atoms with Gasteiger partial charge >= 0.3 is 0 Å². The smallest absolute Gasteiger partial charge is 0.201 e. The summed E-state index contributed by atoms with van der Waals surface area (Å²) in [6.45, 7) is 6.36. The monoisotopic (exact) mass is 269 g/mol. The molecule has 1 aromatic heterocycles. The second kappa shape index (κ2) is 4.76. The van der Waals surface area contributed by atoms with Crippen molar-refractivity contribution in [1.82, 2.24) is 9.55 Å². The molecule has 0 bridgehead atoms. The number of nitrogens with zero attached hydrogens (tertiary/aromatic N) is 2. The van der Waals surface area contributed by atoms with E-state index in [1.807, 2.05) is 4.57 Å². The van der Waals surface area contributed by atoms with Crippen molar-refractivity contribution in [3.8, 4) is 0 Å². The van der Waals surface area contributed by atoms with Gasteiger partial charge in [0.2, 0.25) is 5.95 Å². The molecule has 0 aliphatic carbocycles. The summed E-state index contributed by atoms with van der Waals surface area (Å²) in [4.78, 5) is 4.21. The lowest BCUT2D eigenvalue weighted by molar-refractivity contribution is 0.377. The largest absolute Gasteiger partial charge is 0.369 e. The van der Waals surface area contributed by atoms with Gasteiger partial charge in [-0.25, -0.2) is 9.37 Å². The number of aromatic nitrogens is 2. The molecular formula is C13H17ClFN3. The maximum Gasteiger partial charge on any atom is 0.201 e. The van der Waals surface area contributed by atoms with Crippen molar-refractivity contribution >= 4 is 28.6 Å². The van der Waals surface area contributed by atoms with Gasteiger partial charge in [-0.1, -0.05) is 32.4 Å². The molecule has 3 nitrogen and oxygen atoms in total. The van der Waals surface area contributed by atoms with Gasteiger partial charge in [0.25, 0.3) is 0 Å². The number of benzene rings is 1. The Morgan fingerprint density at radius 3 is 2.67 bits per heavy atom. The van der Waals surface area contributed by atoms with Crippen LogP contribution in [0.2, 0.25) is 5.02 Å². The molecule has 1 unspecified atom stereocenters. The van der Waals surface area contributed by atoms with Crippen molar-refractivity contribution in [1.29, 1.82) is 0 Å². The molecule has 98 valence electrons. The highest BCUT2D eigenvalue weighted by Crippen LogP contribution is 2.31. The first-order chi connectivity index (χ1) is 8.45. The van der Waals surface area contributed by atoms with E-state index in [2.05, 4.69) is 25.8 Å². The number of hydrogen-bond donors (Lipinski definition) is 1. The number of nitrogens with two attached hydrogens (primary N) is 1. The topological polar surface area (TPSA) is 43.8 Å². The van der Waals surface area contributed by atoms with Crippen LogP contribution in [0.4, 0.5) is 10.3 Å². The first kappa shape index (κ1) is 13.1. The fourth-order valence-corrected chi connectivity index (χ4v) is 2.57. The van der Waals surface area contributed by atoms with Gasteiger partial charge in [-0.05, 0) is 18.4 Å². The Morgan fingerprint density at radius 2 is 2.11 bits per heavy atom. The zero-order valence-corrected chi connectivity index (χ0v) is 11.5. The molecule has 1 aromatic carbocycles. The van der Waals surface area contributed by atoms with Gasteiger partial charge in [-0.2, -0.15) is 0 Å². The molecule has 0 aliphatic heterocycles. The molecule has 0 saturated carbocycles. The summed E-state index contributed by atoms with van der Waals surface area (Å²) in [6, 6.07) is 3.16. The predicted molar refractivity (Wildman–Crippen MR) is 73.3 cm³/mol. The van der Waals surface area contributed by atoms with Gasteiger partial charge in [0.15, 0.2) is 0 Å². The van der Waals surface area contributed by atoms with Crippen LogP contribution in [0.5, 0.6) is 0 Å². The van der Waals surface area contributed by atoms with E-state index in [0.717, 1.165) is 11.9 Å². The molecule has 2 aromatic rings. The average molecular weight is 270 g/mol. The molecule has 1 heterocycles. The Kier molecular flexibility index (Phi) is 3.48. The minimum atomic E-state index is -0.466. The van der Waals surface area contributed by atoms with Gasteiger partial charge in [0.1, 0.15) is 5.82 Å². The fourth-order valence-electron chi connectivity index (χ4n) is 2.41. The molecular weight excluding hydrogens is 253 g/mol. The normalized spacial score (nSPS) is 13.4. The zero-order valence-electron chi connectivity index (χ0n) is 10.7. The van der Waals surface area contributed by atoms with E-state index in [0.29, 0.717) is 17.4 Å². The quantitative estimate of drug-likeness (QED) is 0.915. The molecule has 2 N–H and O–H groups in total. The van der Waals surface area contributed by atoms with Gasteiger partial charge in [-0.3, -0.25) is 0 Å². The summed E-state index contributed by atoms with van der Waals surface area (Å²) in [5.41, 5.74) is 7.29. The van der Waals surface area contributed by atoms with Gasteiger partial charge in [0.05, 0.1) is 16.1 Å². The highest BCUT2D eigenvalue weighted by atomic mass is 35.5. The third kappa shape index (κ3) is 2.05. The second-order valence-electron chi connectivity index (χ2n) is 4.81. The fraction of sp³-hybridized carbons (Fsp3) is 0.462. The average Bonchev–Trinajstić information content (AvgIpc) is 2.57. The number of fused-ring (bicyclic) bond motifs is 1. The van der Waals surface area contributed by atoms with Crippen LogP contribution >= 0.6 is 11.6 Å². The van der Waals surface area contributed by atoms with Crippen LogP contribution in [0, 0.1) is 11.7 Å². The zero-order chi connectivity index (χ0) is 13.4. The van der Waals surface area contributed by atoms with Crippen LogP contribution in [0.15, 0.2) is 12.1 Å². The summed E-state index contributed by atoms with van der Waals surface area (Å²) < 4.78 is 15.4. The first-order valence-corrected chi connectivity index (χ1v) is 6.46. The molecule has 2 rings (SSSR count). The van der Waals surface area contributed by atoms with E-state index in [1.54, 1.807) is 6.07 Å². The predicted octanol–water partition coefficient (Wildman–Crippen LogP) is 4.02. The molecule has 0 fully saturated rings. The number of halogens is 2. The SMILES string of the molecule is CCC(C(C)C)n1c(N)nc2cc(F)c(Cl)cc21. The minimum absolute atomic E-state index is 0.0993. The summed E-state index contributed by atoms with van der Waals surface area (Å²) in [5.74, 6) is 0.358. The van der Waals surface area contributed by atoms with Gasteiger partial charge < -0.3 is 10.3 Å². The number of nitrogen functional groups attached to an aromatic ring is 1. The Balaban J connectivity index is 2.70. The lowest BCUT2D eigenvalue weighted by Gasteiger charge is -2.22. The second-order valence-corrected chi connectivity index (χ2v) is 5.22. The van der Waals surface area contributed by atoms with E-state index in [4.69, 9.17) is 17.3 Å². The summed E-state index contributed by atoms with van der Waals surface area (Å²) >= 11 is 5.84. The standard InChI is InChI=1S/C13H17ClFN3/c1-4-11(7(2)3)18-12-5-8(14)9(15)6-10(12)17-13(18)16/h5-7,11H,4H2,1-3H3,(H2,16,17). The lowest BCUT2D eigenvalue weighted by Crippen LogP contribution is -2.16. The molecule has 0 saturated heterocycles. The van der Waals surface area contributed by atoms with E-state index in [1.165, 1.54) is 6.07 Å². The van der Waals surface area contributed by atoms with Crippen LogP contribution in [-0.4, -0.2) is 9.55 Å². The Bertz CT molecular complexity index is 577. The molecule has 0 spiro atoms. The van der Waals surface area contributed by atoms with Crippen LogP contribution in [0.3, 0.4) is 0 Å². The van der Waals surface area contributed by atoms with Gasteiger partial charge in [-0.15, -0.1) is 0 Å². The summed E-state index contributed by atoms with van der Waals surface area (Å²) in [7, 11) is 0. The van der Waals surface area contributed by atoms with E-state index >= 15 is 0 Å². The van der Waals surface area contributed by atoms with Crippen molar-refractivity contribution in [2.45, 2.75) is 33.2 Å². The molecule has 1 atom stereocenters. The van der Waals surface area contributed by atoms with Crippen molar-refractivity contribution in [2.75, 3.05) is 5.73 Å². The van der Waals surface area contributed by atoms with Crippen LogP contribution in [-0.2, 0) is 0 Å². The van der Waals surface area contributed by atoms with Crippen LogP contribution in [0.25, 0.3) is 11.0 Å². The number of rotatable bonds is 3. The summed E-state index contributed by atoms with van der Waals surface area (Å²) in [5, 5.41) is 0.0993. The molecule has 0 radical (unpaired) electrons. The van der Waals surface area contributed by atoms with Crippen molar-refractivity contribution < 1.29 is 4.39 Å². The van der Waals surface area contributed by atoms with Crippen LogP contribution < -0.4 is 5.73 Å². The van der Waals surface area contributed by atoms with E-state index in [9.17, 15) is 4.39 Å². The third-order valence-electron chi connectivity index (χ3n) is 3.28. The van der Waals surface area contributed by atoms with Gasteiger partial charge in [0, 0.05) is 12.1 Å². The van der Waals surface area contributed by atoms with E-state index in [-0.39, 0.29) is 11.1 Å².